The minimum Gasteiger partial charge on any atom is -0.386 e. The van der Waals surface area contributed by atoms with E-state index in [0.717, 1.165) is 8.95 Å². The van der Waals surface area contributed by atoms with Crippen molar-refractivity contribution in [2.24, 2.45) is 0 Å². The van der Waals surface area contributed by atoms with Crippen LogP contribution in [0.15, 0.2) is 45.5 Å². The van der Waals surface area contributed by atoms with Crippen LogP contribution in [0.2, 0.25) is 0 Å². The van der Waals surface area contributed by atoms with Crippen molar-refractivity contribution >= 4 is 31.9 Å². The Labute approximate surface area is 121 Å². The zero-order valence-electron chi connectivity index (χ0n) is 9.28. The number of aliphatic hydroxyl groups is 1. The van der Waals surface area contributed by atoms with E-state index in [1.165, 1.54) is 12.1 Å². The highest BCUT2D eigenvalue weighted by atomic mass is 79.9. The van der Waals surface area contributed by atoms with Gasteiger partial charge in [-0.2, -0.15) is 0 Å². The summed E-state index contributed by atoms with van der Waals surface area (Å²) in [5, 5.41) is 10.1. The van der Waals surface area contributed by atoms with Crippen molar-refractivity contribution in [2.75, 3.05) is 0 Å². The Balaban J connectivity index is 2.24. The normalized spacial score (nSPS) is 12.4. The fraction of sp³-hybridized carbons (Fsp3) is 0.154. The van der Waals surface area contributed by atoms with E-state index >= 15 is 0 Å². The van der Waals surface area contributed by atoms with Crippen molar-refractivity contribution in [1.82, 2.24) is 4.98 Å². The van der Waals surface area contributed by atoms with Gasteiger partial charge in [0.2, 0.25) is 0 Å². The summed E-state index contributed by atoms with van der Waals surface area (Å²) in [6, 6.07) is 8.00. The van der Waals surface area contributed by atoms with E-state index in [0.29, 0.717) is 17.7 Å². The molecule has 0 aliphatic heterocycles. The molecule has 0 bridgehead atoms. The number of nitrogens with zero attached hydrogens (tertiary/aromatic N) is 1. The van der Waals surface area contributed by atoms with Crippen molar-refractivity contribution in [2.45, 2.75) is 12.5 Å². The molecule has 5 heteroatoms. The predicted octanol–water partition coefficient (Wildman–Crippen LogP) is 4.02. The third kappa shape index (κ3) is 3.16. The fourth-order valence-electron chi connectivity index (χ4n) is 1.65. The highest BCUT2D eigenvalue weighted by Gasteiger charge is 2.15. The molecule has 1 aromatic heterocycles. The van der Waals surface area contributed by atoms with Crippen LogP contribution in [0.1, 0.15) is 17.4 Å². The van der Waals surface area contributed by atoms with Crippen LogP contribution >= 0.6 is 31.9 Å². The van der Waals surface area contributed by atoms with Crippen LogP contribution in [0.4, 0.5) is 4.39 Å². The Morgan fingerprint density at radius 1 is 1.22 bits per heavy atom. The second kappa shape index (κ2) is 5.91. The lowest BCUT2D eigenvalue weighted by Crippen LogP contribution is -2.05. The number of rotatable bonds is 3. The molecule has 2 nitrogen and oxygen atoms in total. The van der Waals surface area contributed by atoms with Gasteiger partial charge in [-0.1, -0.05) is 15.9 Å². The van der Waals surface area contributed by atoms with Gasteiger partial charge in [0, 0.05) is 21.6 Å². The quantitative estimate of drug-likeness (QED) is 0.880. The van der Waals surface area contributed by atoms with E-state index in [4.69, 9.17) is 0 Å². The average molecular weight is 375 g/mol. The molecule has 0 spiro atoms. The van der Waals surface area contributed by atoms with Gasteiger partial charge in [0.1, 0.15) is 11.9 Å². The molecule has 0 radical (unpaired) electrons. The molecule has 1 aromatic carbocycles. The lowest BCUT2D eigenvalue weighted by molar-refractivity contribution is 0.172. The summed E-state index contributed by atoms with van der Waals surface area (Å²) in [5.74, 6) is -0.319. The number of benzene rings is 1. The molecule has 1 heterocycles. The predicted molar refractivity (Wildman–Crippen MR) is 74.7 cm³/mol. The summed E-state index contributed by atoms with van der Waals surface area (Å²) in [7, 11) is 0. The third-order valence-electron chi connectivity index (χ3n) is 2.52. The second-order valence-electron chi connectivity index (χ2n) is 3.83. The molecule has 0 saturated heterocycles. The zero-order valence-corrected chi connectivity index (χ0v) is 12.4. The van der Waals surface area contributed by atoms with Crippen molar-refractivity contribution in [3.05, 3.63) is 62.5 Å². The summed E-state index contributed by atoms with van der Waals surface area (Å²) in [6.45, 7) is 0. The van der Waals surface area contributed by atoms with Gasteiger partial charge >= 0.3 is 0 Å². The van der Waals surface area contributed by atoms with Crippen LogP contribution in [0, 0.1) is 5.82 Å². The topological polar surface area (TPSA) is 33.1 Å². The molecule has 2 aromatic rings. The van der Waals surface area contributed by atoms with Crippen LogP contribution in [0.25, 0.3) is 0 Å². The Morgan fingerprint density at radius 3 is 2.72 bits per heavy atom. The molecule has 94 valence electrons. The van der Waals surface area contributed by atoms with Crippen LogP contribution in [0.3, 0.4) is 0 Å². The zero-order chi connectivity index (χ0) is 13.1. The monoisotopic (exact) mass is 373 g/mol. The summed E-state index contributed by atoms with van der Waals surface area (Å²) in [4.78, 5) is 4.12. The van der Waals surface area contributed by atoms with Gasteiger partial charge in [-0.05, 0) is 51.8 Å². The Hall–Kier alpha value is -0.780. The number of aromatic nitrogens is 1. The molecular weight excluding hydrogens is 365 g/mol. The number of aliphatic hydroxyl groups excluding tert-OH is 1. The largest absolute Gasteiger partial charge is 0.386 e. The van der Waals surface area contributed by atoms with Crippen molar-refractivity contribution in [3.8, 4) is 0 Å². The Morgan fingerprint density at radius 2 is 2.00 bits per heavy atom. The molecule has 1 N–H and O–H groups in total. The molecule has 1 unspecified atom stereocenters. The van der Waals surface area contributed by atoms with E-state index in [1.807, 2.05) is 6.07 Å². The minimum absolute atomic E-state index is 0.300. The number of hydrogen-bond donors (Lipinski definition) is 1. The van der Waals surface area contributed by atoms with E-state index in [-0.39, 0.29) is 5.82 Å². The summed E-state index contributed by atoms with van der Waals surface area (Å²) in [5.41, 5.74) is 1.26. The lowest BCUT2D eigenvalue weighted by atomic mass is 10.1. The fourth-order valence-corrected chi connectivity index (χ4v) is 2.58. The van der Waals surface area contributed by atoms with Crippen LogP contribution < -0.4 is 0 Å². The smallest absolute Gasteiger partial charge is 0.123 e. The SMILES string of the molecule is OC(Cc1cc(F)ccc1Br)c1ncccc1Br. The van der Waals surface area contributed by atoms with Crippen LogP contribution in [-0.2, 0) is 6.42 Å². The average Bonchev–Trinajstić information content (AvgIpc) is 2.34. The first kappa shape index (κ1) is 13.6. The van der Waals surface area contributed by atoms with Gasteiger partial charge in [-0.15, -0.1) is 0 Å². The Bertz CT molecular complexity index is 562. The number of pyridine rings is 1. The van der Waals surface area contributed by atoms with Crippen LogP contribution in [0.5, 0.6) is 0 Å². The maximum absolute atomic E-state index is 13.2. The van der Waals surface area contributed by atoms with Gasteiger partial charge in [0.25, 0.3) is 0 Å². The highest BCUT2D eigenvalue weighted by molar-refractivity contribution is 9.10. The van der Waals surface area contributed by atoms with E-state index in [2.05, 4.69) is 36.8 Å². The van der Waals surface area contributed by atoms with E-state index in [9.17, 15) is 9.50 Å². The second-order valence-corrected chi connectivity index (χ2v) is 5.53. The van der Waals surface area contributed by atoms with Gasteiger partial charge in [-0.25, -0.2) is 4.39 Å². The molecular formula is C13H10Br2FNO. The minimum atomic E-state index is -0.779. The van der Waals surface area contributed by atoms with Crippen molar-refractivity contribution < 1.29 is 9.50 Å². The van der Waals surface area contributed by atoms with Crippen molar-refractivity contribution in [1.29, 1.82) is 0 Å². The van der Waals surface area contributed by atoms with E-state index in [1.54, 1.807) is 18.3 Å². The molecule has 0 aliphatic carbocycles. The standard InChI is InChI=1S/C13H10Br2FNO/c14-10-4-3-9(16)6-8(10)7-12(18)13-11(15)2-1-5-17-13/h1-6,12,18H,7H2. The number of halogens is 3. The third-order valence-corrected chi connectivity index (χ3v) is 3.97. The molecule has 0 saturated carbocycles. The maximum atomic E-state index is 13.2. The molecule has 0 amide bonds. The lowest BCUT2D eigenvalue weighted by Gasteiger charge is -2.12. The first-order chi connectivity index (χ1) is 8.58. The van der Waals surface area contributed by atoms with Gasteiger partial charge in [0.15, 0.2) is 0 Å². The van der Waals surface area contributed by atoms with Gasteiger partial charge in [-0.3, -0.25) is 4.98 Å². The van der Waals surface area contributed by atoms with Gasteiger partial charge < -0.3 is 5.11 Å². The summed E-state index contributed by atoms with van der Waals surface area (Å²) in [6.07, 6.45) is 1.14. The number of hydrogen-bond acceptors (Lipinski definition) is 2. The summed E-state index contributed by atoms with van der Waals surface area (Å²) < 4.78 is 14.7. The molecule has 0 fully saturated rings. The summed E-state index contributed by atoms with van der Waals surface area (Å²) >= 11 is 6.68. The Kier molecular flexibility index (Phi) is 4.48. The molecule has 1 atom stereocenters. The highest BCUT2D eigenvalue weighted by Crippen LogP contribution is 2.27. The van der Waals surface area contributed by atoms with Crippen molar-refractivity contribution in [3.63, 3.8) is 0 Å². The maximum Gasteiger partial charge on any atom is 0.123 e. The first-order valence-corrected chi connectivity index (χ1v) is 6.89. The first-order valence-electron chi connectivity index (χ1n) is 5.30. The molecule has 0 aliphatic rings. The molecule has 18 heavy (non-hydrogen) atoms. The van der Waals surface area contributed by atoms with Crippen LogP contribution in [-0.4, -0.2) is 10.1 Å². The molecule has 2 rings (SSSR count). The van der Waals surface area contributed by atoms with E-state index < -0.39 is 6.10 Å². The van der Waals surface area contributed by atoms with Gasteiger partial charge in [0.05, 0.1) is 5.69 Å².